The van der Waals surface area contributed by atoms with Crippen molar-refractivity contribution < 1.29 is 1.37 Å². The molecular formula is C8H12N4. The van der Waals surface area contributed by atoms with Crippen LogP contribution < -0.4 is 0 Å². The topological polar surface area (TPSA) is 72.3 Å². The fourth-order valence-corrected chi connectivity index (χ4v) is 0.280. The maximum absolute atomic E-state index is 8.65. The van der Waals surface area contributed by atoms with Crippen LogP contribution in [0.15, 0.2) is 10.2 Å². The van der Waals surface area contributed by atoms with Gasteiger partial charge in [0.1, 0.15) is 0 Å². The Morgan fingerprint density at radius 3 is 1.83 bits per heavy atom. The van der Waals surface area contributed by atoms with E-state index in [-0.39, 0.29) is 6.90 Å². The summed E-state index contributed by atoms with van der Waals surface area (Å²) < 4.78 is 7.06. The lowest BCUT2D eigenvalue weighted by atomic mass is 10.1. The number of nitriles is 2. The Bertz CT molecular complexity index is 283. The molecule has 0 saturated carbocycles. The summed E-state index contributed by atoms with van der Waals surface area (Å²) in [6.07, 6.45) is 0. The standard InChI is InChI=1S/C8H12N4/c1-7(2,5-9)11-12-8(3,4)6-10/h1-4H3/i1D. The van der Waals surface area contributed by atoms with Crippen LogP contribution >= 0.6 is 0 Å². The highest BCUT2D eigenvalue weighted by atomic mass is 15.2. The molecule has 0 bridgehead atoms. The fourth-order valence-electron chi connectivity index (χ4n) is 0.280. The first-order valence-corrected chi connectivity index (χ1v) is 3.45. The highest BCUT2D eigenvalue weighted by Gasteiger charge is 2.19. The third-order valence-corrected chi connectivity index (χ3v) is 1.04. The van der Waals surface area contributed by atoms with Gasteiger partial charge in [-0.2, -0.15) is 20.8 Å². The molecule has 0 radical (unpaired) electrons. The molecule has 0 aliphatic rings. The summed E-state index contributed by atoms with van der Waals surface area (Å²) in [5.74, 6) is 0. The highest BCUT2D eigenvalue weighted by molar-refractivity contribution is 5.03. The lowest BCUT2D eigenvalue weighted by molar-refractivity contribution is 0.541. The highest BCUT2D eigenvalue weighted by Crippen LogP contribution is 2.13. The Kier molecular flexibility index (Phi) is 2.40. The summed E-state index contributed by atoms with van der Waals surface area (Å²) in [5.41, 5.74) is -2.05. The van der Waals surface area contributed by atoms with E-state index in [2.05, 4.69) is 10.2 Å². The molecule has 0 aromatic heterocycles. The number of nitrogens with zero attached hydrogens (tertiary/aromatic N) is 4. The second-order valence-electron chi connectivity index (χ2n) is 3.26. The van der Waals surface area contributed by atoms with Crippen molar-refractivity contribution in [1.82, 2.24) is 0 Å². The van der Waals surface area contributed by atoms with Gasteiger partial charge >= 0.3 is 0 Å². The van der Waals surface area contributed by atoms with Crippen LogP contribution in [0, 0.1) is 22.7 Å². The molecule has 0 aliphatic heterocycles. The summed E-state index contributed by atoms with van der Waals surface area (Å²) in [4.78, 5) is 0. The molecule has 12 heavy (non-hydrogen) atoms. The average Bonchev–Trinajstić information content (AvgIpc) is 2.14. The van der Waals surface area contributed by atoms with Crippen LogP contribution in [0.2, 0.25) is 0 Å². The van der Waals surface area contributed by atoms with Gasteiger partial charge in [-0.1, -0.05) is 0 Å². The van der Waals surface area contributed by atoms with E-state index in [1.807, 2.05) is 12.1 Å². The predicted octanol–water partition coefficient (Wildman–Crippen LogP) is 2.04. The molecule has 0 spiro atoms. The minimum absolute atomic E-state index is 0.158. The second-order valence-corrected chi connectivity index (χ2v) is 3.26. The summed E-state index contributed by atoms with van der Waals surface area (Å²) in [5, 5.41) is 24.6. The molecule has 0 rings (SSSR count). The van der Waals surface area contributed by atoms with E-state index < -0.39 is 11.1 Å². The zero-order valence-corrected chi connectivity index (χ0v) is 7.50. The zero-order chi connectivity index (χ0) is 10.5. The van der Waals surface area contributed by atoms with Crippen molar-refractivity contribution in [2.75, 3.05) is 0 Å². The Labute approximate surface area is 73.9 Å². The van der Waals surface area contributed by atoms with Crippen LogP contribution in [0.1, 0.15) is 29.0 Å². The number of hydrogen-bond donors (Lipinski definition) is 0. The van der Waals surface area contributed by atoms with Gasteiger partial charge in [0.05, 0.1) is 12.1 Å². The smallest absolute Gasteiger partial charge is 0.162 e. The normalized spacial score (nSPS) is 17.6. The van der Waals surface area contributed by atoms with Crippen molar-refractivity contribution in [3.8, 4) is 12.1 Å². The molecule has 0 aliphatic carbocycles. The van der Waals surface area contributed by atoms with Crippen LogP contribution in [-0.4, -0.2) is 11.1 Å². The van der Waals surface area contributed by atoms with Gasteiger partial charge < -0.3 is 0 Å². The van der Waals surface area contributed by atoms with Crippen molar-refractivity contribution >= 4 is 0 Å². The van der Waals surface area contributed by atoms with E-state index >= 15 is 0 Å². The van der Waals surface area contributed by atoms with E-state index in [4.69, 9.17) is 11.9 Å². The van der Waals surface area contributed by atoms with Crippen molar-refractivity contribution in [3.63, 3.8) is 0 Å². The van der Waals surface area contributed by atoms with Gasteiger partial charge in [-0.05, 0) is 27.7 Å². The molecule has 4 nitrogen and oxygen atoms in total. The lowest BCUT2D eigenvalue weighted by Gasteiger charge is -2.11. The molecule has 0 N–H and O–H groups in total. The third kappa shape index (κ3) is 3.68. The van der Waals surface area contributed by atoms with Gasteiger partial charge in [-0.15, -0.1) is 0 Å². The van der Waals surface area contributed by atoms with Crippen molar-refractivity contribution in [3.05, 3.63) is 0 Å². The Hall–Kier alpha value is -1.42. The average molecular weight is 165 g/mol. The number of hydrogen-bond acceptors (Lipinski definition) is 4. The Morgan fingerprint density at radius 2 is 1.50 bits per heavy atom. The number of rotatable bonds is 2. The van der Waals surface area contributed by atoms with Gasteiger partial charge in [0, 0.05) is 1.37 Å². The first-order chi connectivity index (χ1) is 5.89. The molecule has 0 saturated heterocycles. The summed E-state index contributed by atoms with van der Waals surface area (Å²) in [6, 6.07) is 3.80. The lowest BCUT2D eigenvalue weighted by Crippen LogP contribution is -2.17. The van der Waals surface area contributed by atoms with Crippen molar-refractivity contribution in [1.29, 1.82) is 10.5 Å². The van der Waals surface area contributed by atoms with Gasteiger partial charge in [-0.25, -0.2) is 0 Å². The van der Waals surface area contributed by atoms with Gasteiger partial charge in [0.25, 0.3) is 0 Å². The summed E-state index contributed by atoms with van der Waals surface area (Å²) >= 11 is 0. The van der Waals surface area contributed by atoms with E-state index in [0.29, 0.717) is 0 Å². The number of azo groups is 1. The zero-order valence-electron chi connectivity index (χ0n) is 8.50. The maximum Gasteiger partial charge on any atom is 0.162 e. The van der Waals surface area contributed by atoms with Gasteiger partial charge in [-0.3, -0.25) is 0 Å². The molecule has 0 aromatic carbocycles. The van der Waals surface area contributed by atoms with Crippen LogP contribution in [0.5, 0.6) is 0 Å². The third-order valence-electron chi connectivity index (χ3n) is 1.04. The first-order valence-electron chi connectivity index (χ1n) is 4.16. The van der Waals surface area contributed by atoms with Crippen LogP contribution in [0.4, 0.5) is 0 Å². The monoisotopic (exact) mass is 165 g/mol. The molecule has 0 heterocycles. The maximum atomic E-state index is 8.65. The second kappa shape index (κ2) is 3.32. The molecule has 1 unspecified atom stereocenters. The van der Waals surface area contributed by atoms with Gasteiger partial charge in [0.15, 0.2) is 11.1 Å². The van der Waals surface area contributed by atoms with Crippen LogP contribution in [0.3, 0.4) is 0 Å². The molecular weight excluding hydrogens is 152 g/mol. The molecule has 0 amide bonds. The minimum Gasteiger partial charge on any atom is -0.196 e. The molecule has 4 heteroatoms. The van der Waals surface area contributed by atoms with Crippen LogP contribution in [-0.2, 0) is 0 Å². The summed E-state index contributed by atoms with van der Waals surface area (Å²) in [6.45, 7) is 4.54. The fraction of sp³-hybridized carbons (Fsp3) is 0.750. The molecule has 1 atom stereocenters. The quantitative estimate of drug-likeness (QED) is 0.587. The molecule has 0 aromatic rings. The van der Waals surface area contributed by atoms with E-state index in [1.165, 1.54) is 6.92 Å². The molecule has 0 fully saturated rings. The predicted molar refractivity (Wildman–Crippen MR) is 44.2 cm³/mol. The van der Waals surface area contributed by atoms with E-state index in [9.17, 15) is 0 Å². The summed E-state index contributed by atoms with van der Waals surface area (Å²) in [7, 11) is 0. The molecule has 64 valence electrons. The minimum atomic E-state index is -1.13. The SMILES string of the molecule is [2H]CC(C)(C#N)N=NC(C)(C)C#N. The van der Waals surface area contributed by atoms with Crippen molar-refractivity contribution in [2.45, 2.75) is 38.7 Å². The van der Waals surface area contributed by atoms with Gasteiger partial charge in [0.2, 0.25) is 0 Å². The Balaban J connectivity index is 4.64. The van der Waals surface area contributed by atoms with E-state index in [1.54, 1.807) is 13.8 Å². The van der Waals surface area contributed by atoms with Crippen LogP contribution in [0.25, 0.3) is 0 Å². The first kappa shape index (κ1) is 8.67. The largest absolute Gasteiger partial charge is 0.196 e. The van der Waals surface area contributed by atoms with E-state index in [0.717, 1.165) is 0 Å². The van der Waals surface area contributed by atoms with Crippen molar-refractivity contribution in [2.24, 2.45) is 10.2 Å². The Morgan fingerprint density at radius 1 is 1.08 bits per heavy atom.